The number of rotatable bonds is 2. The first-order valence-electron chi connectivity index (χ1n) is 3.49. The first-order chi connectivity index (χ1) is 5.74. The van der Waals surface area contributed by atoms with Crippen molar-refractivity contribution in [3.8, 4) is 0 Å². The SMILES string of the molecule is Cc1cc(Cl)ccc1N=CNN. The highest BCUT2D eigenvalue weighted by Gasteiger charge is 1.94. The number of hydrazine groups is 1. The van der Waals surface area contributed by atoms with Crippen LogP contribution >= 0.6 is 11.6 Å². The average molecular weight is 184 g/mol. The number of benzene rings is 1. The van der Waals surface area contributed by atoms with Crippen molar-refractivity contribution in [1.82, 2.24) is 5.43 Å². The second kappa shape index (κ2) is 4.09. The summed E-state index contributed by atoms with van der Waals surface area (Å²) in [5.74, 6) is 5.03. The normalized spacial score (nSPS) is 10.6. The Morgan fingerprint density at radius 3 is 2.92 bits per heavy atom. The molecular formula is C8H10ClN3. The monoisotopic (exact) mass is 183 g/mol. The molecule has 0 radical (unpaired) electrons. The Kier molecular flexibility index (Phi) is 3.08. The fourth-order valence-corrected chi connectivity index (χ4v) is 1.10. The molecule has 0 aromatic heterocycles. The number of halogens is 1. The first-order valence-corrected chi connectivity index (χ1v) is 3.86. The minimum Gasteiger partial charge on any atom is -0.315 e. The first kappa shape index (κ1) is 9.03. The van der Waals surface area contributed by atoms with E-state index in [1.165, 1.54) is 6.34 Å². The van der Waals surface area contributed by atoms with Crippen molar-refractivity contribution in [2.24, 2.45) is 10.8 Å². The van der Waals surface area contributed by atoms with Crippen LogP contribution in [0, 0.1) is 6.92 Å². The van der Waals surface area contributed by atoms with Crippen molar-refractivity contribution in [1.29, 1.82) is 0 Å². The van der Waals surface area contributed by atoms with E-state index in [0.29, 0.717) is 5.02 Å². The summed E-state index contributed by atoms with van der Waals surface area (Å²) >= 11 is 5.76. The molecule has 1 aromatic rings. The maximum atomic E-state index is 5.76. The molecule has 12 heavy (non-hydrogen) atoms. The number of hydrogen-bond donors (Lipinski definition) is 2. The Morgan fingerprint density at radius 2 is 2.33 bits per heavy atom. The fraction of sp³-hybridized carbons (Fsp3) is 0.125. The van der Waals surface area contributed by atoms with E-state index >= 15 is 0 Å². The third kappa shape index (κ3) is 2.22. The quantitative estimate of drug-likeness (QED) is 0.318. The molecule has 0 atom stereocenters. The van der Waals surface area contributed by atoms with E-state index in [1.807, 2.05) is 19.1 Å². The van der Waals surface area contributed by atoms with Crippen LogP contribution in [0.15, 0.2) is 23.2 Å². The third-order valence-corrected chi connectivity index (χ3v) is 1.67. The van der Waals surface area contributed by atoms with Gasteiger partial charge in [0.25, 0.3) is 0 Å². The van der Waals surface area contributed by atoms with Gasteiger partial charge in [-0.25, -0.2) is 10.8 Å². The van der Waals surface area contributed by atoms with Crippen LogP contribution in [-0.2, 0) is 0 Å². The zero-order valence-electron chi connectivity index (χ0n) is 6.71. The van der Waals surface area contributed by atoms with Crippen LogP contribution in [0.1, 0.15) is 5.56 Å². The van der Waals surface area contributed by atoms with Crippen molar-refractivity contribution in [3.63, 3.8) is 0 Å². The molecule has 0 saturated heterocycles. The minimum absolute atomic E-state index is 0.715. The molecule has 1 aromatic carbocycles. The minimum atomic E-state index is 0.715. The summed E-state index contributed by atoms with van der Waals surface area (Å²) in [6.45, 7) is 1.94. The molecule has 0 amide bonds. The summed E-state index contributed by atoms with van der Waals surface area (Å²) in [5.41, 5.74) is 4.21. The summed E-state index contributed by atoms with van der Waals surface area (Å²) < 4.78 is 0. The van der Waals surface area contributed by atoms with Crippen LogP contribution in [0.25, 0.3) is 0 Å². The van der Waals surface area contributed by atoms with Crippen molar-refractivity contribution in [2.45, 2.75) is 6.92 Å². The number of aryl methyl sites for hydroxylation is 1. The smallest absolute Gasteiger partial charge is 0.103 e. The second-order valence-corrected chi connectivity index (χ2v) is 2.79. The highest BCUT2D eigenvalue weighted by atomic mass is 35.5. The number of aliphatic imine (C=N–C) groups is 1. The van der Waals surface area contributed by atoms with Gasteiger partial charge in [0.1, 0.15) is 6.34 Å². The van der Waals surface area contributed by atoms with Gasteiger partial charge in [0.2, 0.25) is 0 Å². The Labute approximate surface area is 76.2 Å². The van der Waals surface area contributed by atoms with E-state index in [-0.39, 0.29) is 0 Å². The van der Waals surface area contributed by atoms with Crippen molar-refractivity contribution in [3.05, 3.63) is 28.8 Å². The van der Waals surface area contributed by atoms with Gasteiger partial charge in [0.05, 0.1) is 5.69 Å². The summed E-state index contributed by atoms with van der Waals surface area (Å²) in [6, 6.07) is 5.48. The molecule has 3 nitrogen and oxygen atoms in total. The molecule has 64 valence electrons. The van der Waals surface area contributed by atoms with E-state index in [0.717, 1.165) is 11.3 Å². The van der Waals surface area contributed by atoms with Gasteiger partial charge in [-0.15, -0.1) is 0 Å². The van der Waals surface area contributed by atoms with Gasteiger partial charge in [-0.1, -0.05) is 11.6 Å². The summed E-state index contributed by atoms with van der Waals surface area (Å²) in [4.78, 5) is 4.05. The number of hydrogen-bond acceptors (Lipinski definition) is 2. The lowest BCUT2D eigenvalue weighted by Gasteiger charge is -1.99. The molecule has 0 aliphatic rings. The van der Waals surface area contributed by atoms with E-state index < -0.39 is 0 Å². The molecule has 0 aliphatic carbocycles. The Hall–Kier alpha value is -1.06. The van der Waals surface area contributed by atoms with E-state index in [2.05, 4.69) is 10.4 Å². The second-order valence-electron chi connectivity index (χ2n) is 2.36. The van der Waals surface area contributed by atoms with Crippen molar-refractivity contribution >= 4 is 23.6 Å². The summed E-state index contributed by atoms with van der Waals surface area (Å²) in [6.07, 6.45) is 1.43. The maximum Gasteiger partial charge on any atom is 0.103 e. The highest BCUT2D eigenvalue weighted by molar-refractivity contribution is 6.30. The lowest BCUT2D eigenvalue weighted by Crippen LogP contribution is -2.18. The van der Waals surface area contributed by atoms with Crippen LogP contribution in [0.2, 0.25) is 5.02 Å². The van der Waals surface area contributed by atoms with E-state index in [1.54, 1.807) is 6.07 Å². The number of nitrogens with zero attached hydrogens (tertiary/aromatic N) is 1. The summed E-state index contributed by atoms with van der Waals surface area (Å²) in [7, 11) is 0. The molecule has 0 spiro atoms. The topological polar surface area (TPSA) is 50.4 Å². The average Bonchev–Trinajstić information content (AvgIpc) is 2.03. The van der Waals surface area contributed by atoms with Crippen LogP contribution in [0.3, 0.4) is 0 Å². The molecule has 0 bridgehead atoms. The zero-order chi connectivity index (χ0) is 8.97. The molecule has 0 saturated carbocycles. The zero-order valence-corrected chi connectivity index (χ0v) is 7.47. The van der Waals surface area contributed by atoms with Crippen molar-refractivity contribution in [2.75, 3.05) is 0 Å². The molecule has 3 N–H and O–H groups in total. The molecule has 0 fully saturated rings. The van der Waals surface area contributed by atoms with Gasteiger partial charge in [0, 0.05) is 5.02 Å². The summed E-state index contributed by atoms with van der Waals surface area (Å²) in [5, 5.41) is 0.715. The van der Waals surface area contributed by atoms with Crippen LogP contribution in [0.5, 0.6) is 0 Å². The van der Waals surface area contributed by atoms with Crippen LogP contribution < -0.4 is 11.3 Å². The predicted octanol–water partition coefficient (Wildman–Crippen LogP) is 1.77. The molecule has 1 rings (SSSR count). The van der Waals surface area contributed by atoms with E-state index in [9.17, 15) is 0 Å². The van der Waals surface area contributed by atoms with Crippen LogP contribution in [-0.4, -0.2) is 6.34 Å². The van der Waals surface area contributed by atoms with Crippen molar-refractivity contribution < 1.29 is 0 Å². The van der Waals surface area contributed by atoms with Gasteiger partial charge < -0.3 is 5.43 Å². The lowest BCUT2D eigenvalue weighted by atomic mass is 10.2. The maximum absolute atomic E-state index is 5.76. The molecule has 4 heteroatoms. The predicted molar refractivity (Wildman–Crippen MR) is 51.7 cm³/mol. The molecule has 0 unspecified atom stereocenters. The third-order valence-electron chi connectivity index (χ3n) is 1.44. The molecule has 0 aliphatic heterocycles. The van der Waals surface area contributed by atoms with Gasteiger partial charge in [-0.3, -0.25) is 0 Å². The van der Waals surface area contributed by atoms with E-state index in [4.69, 9.17) is 17.4 Å². The molecular weight excluding hydrogens is 174 g/mol. The Balaban J connectivity index is 2.94. The highest BCUT2D eigenvalue weighted by Crippen LogP contribution is 2.21. The largest absolute Gasteiger partial charge is 0.315 e. The lowest BCUT2D eigenvalue weighted by molar-refractivity contribution is 1.05. The Morgan fingerprint density at radius 1 is 1.58 bits per heavy atom. The van der Waals surface area contributed by atoms with Gasteiger partial charge in [0.15, 0.2) is 0 Å². The van der Waals surface area contributed by atoms with Gasteiger partial charge in [-0.2, -0.15) is 0 Å². The van der Waals surface area contributed by atoms with Gasteiger partial charge in [-0.05, 0) is 30.7 Å². The fourth-order valence-electron chi connectivity index (χ4n) is 0.871. The van der Waals surface area contributed by atoms with Crippen LogP contribution in [0.4, 0.5) is 5.69 Å². The number of nitrogens with two attached hydrogens (primary N) is 1. The molecule has 0 heterocycles. The Bertz CT molecular complexity index is 296. The number of nitrogens with one attached hydrogen (secondary N) is 1. The van der Waals surface area contributed by atoms with Gasteiger partial charge >= 0.3 is 0 Å². The standard InChI is InChI=1S/C8H10ClN3/c1-6-4-7(9)2-3-8(6)11-5-12-10/h2-5H,10H2,1H3,(H,11,12).